The summed E-state index contributed by atoms with van der Waals surface area (Å²) in [6.45, 7) is -0.183. The third-order valence-electron chi connectivity index (χ3n) is 6.16. The van der Waals surface area contributed by atoms with Gasteiger partial charge in [0.2, 0.25) is 6.29 Å². The molecule has 0 unspecified atom stereocenters. The highest BCUT2D eigenvalue weighted by atomic mass is 31.2. The van der Waals surface area contributed by atoms with Crippen LogP contribution in [0, 0.1) is 0 Å². The lowest BCUT2D eigenvalue weighted by Gasteiger charge is -2.43. The maximum absolute atomic E-state index is 12.9. The molecule has 1 aromatic heterocycles. The monoisotopic (exact) mass is 603 g/mol. The Balaban J connectivity index is 1.63. The molecule has 2 heterocycles. The van der Waals surface area contributed by atoms with Crippen LogP contribution in [0.25, 0.3) is 0 Å². The van der Waals surface area contributed by atoms with Crippen LogP contribution < -0.4 is 16.2 Å². The molecule has 224 valence electrons. The molecule has 0 saturated carbocycles. The summed E-state index contributed by atoms with van der Waals surface area (Å²) in [5.74, 6) is -1.63. The molecule has 2 aromatic carbocycles. The molecular weight excluding hydrogens is 573 g/mol. The molecule has 1 saturated heterocycles. The average molecular weight is 604 g/mol. The van der Waals surface area contributed by atoms with E-state index in [1.54, 1.807) is 42.5 Å². The van der Waals surface area contributed by atoms with Gasteiger partial charge in [0.05, 0.1) is 5.56 Å². The quantitative estimate of drug-likeness (QED) is 0.118. The molecule has 1 fully saturated rings. The number of hydrogen-bond acceptors (Lipinski definition) is 12. The van der Waals surface area contributed by atoms with Gasteiger partial charge in [-0.1, -0.05) is 30.3 Å². The molecule has 4 rings (SSSR count). The second-order valence-electron chi connectivity index (χ2n) is 9.17. The van der Waals surface area contributed by atoms with Crippen molar-refractivity contribution in [1.29, 1.82) is 0 Å². The minimum Gasteiger partial charge on any atom is -0.461 e. The molecule has 1 aliphatic heterocycles. The number of rotatable bonds is 11. The highest BCUT2D eigenvalue weighted by Crippen LogP contribution is 2.42. The summed E-state index contributed by atoms with van der Waals surface area (Å²) >= 11 is 0. The van der Waals surface area contributed by atoms with Crippen molar-refractivity contribution in [2.75, 3.05) is 18.9 Å². The smallest absolute Gasteiger partial charge is 0.461 e. The Labute approximate surface area is 240 Å². The van der Waals surface area contributed by atoms with Crippen LogP contribution in [0.1, 0.15) is 26.4 Å². The number of hydrogen-bond donors (Lipinski definition) is 5. The van der Waals surface area contributed by atoms with Crippen LogP contribution in [0.4, 0.5) is 5.69 Å². The van der Waals surface area contributed by atoms with E-state index in [0.29, 0.717) is 13.0 Å². The van der Waals surface area contributed by atoms with Gasteiger partial charge in [0.25, 0.3) is 0 Å². The summed E-state index contributed by atoms with van der Waals surface area (Å²) in [5.41, 5.74) is 12.4. The first-order valence-corrected chi connectivity index (χ1v) is 14.3. The highest BCUT2D eigenvalue weighted by Gasteiger charge is 2.52. The third-order valence-corrected chi connectivity index (χ3v) is 6.68. The minimum absolute atomic E-state index is 0.0540. The maximum atomic E-state index is 12.9. The van der Waals surface area contributed by atoms with Crippen LogP contribution in [-0.2, 0) is 29.7 Å². The average Bonchev–Trinajstić information content (AvgIpc) is 2.96. The van der Waals surface area contributed by atoms with Crippen LogP contribution in [0.3, 0.4) is 0 Å². The molecule has 0 bridgehead atoms. The number of esters is 2. The molecule has 3 aromatic rings. The molecule has 42 heavy (non-hydrogen) atoms. The molecule has 0 radical (unpaired) electrons. The molecule has 0 aliphatic carbocycles. The van der Waals surface area contributed by atoms with Gasteiger partial charge in [0.1, 0.15) is 36.4 Å². The number of nitrogens with two attached hydrogens (primary N) is 2. The maximum Gasteiger partial charge on any atom is 0.470 e. The van der Waals surface area contributed by atoms with Crippen molar-refractivity contribution >= 4 is 25.4 Å². The first kappa shape index (κ1) is 31.1. The first-order chi connectivity index (χ1) is 20.1. The predicted octanol–water partition coefficient (Wildman–Crippen LogP) is 1.19. The van der Waals surface area contributed by atoms with Crippen molar-refractivity contribution in [3.63, 3.8) is 0 Å². The Bertz CT molecular complexity index is 1400. The highest BCUT2D eigenvalue weighted by molar-refractivity contribution is 7.46. The molecular formula is C27H30N3O11P. The SMILES string of the molecule is NCCc1ccc(O[C@@H]2O[C@H](COC(=O)c3ccccc3N)[C@@H](O)[C@H](OP(=O)(O)O)[C@H]2OC(=O)c2ccccn2)cc1. The lowest BCUT2D eigenvalue weighted by molar-refractivity contribution is -0.273. The van der Waals surface area contributed by atoms with E-state index < -0.39 is 57.1 Å². The number of pyridine rings is 1. The molecule has 1 aliphatic rings. The zero-order chi connectivity index (χ0) is 30.3. The molecule has 5 atom stereocenters. The lowest BCUT2D eigenvalue weighted by Crippen LogP contribution is -2.62. The van der Waals surface area contributed by atoms with Gasteiger partial charge in [-0.3, -0.25) is 4.52 Å². The fraction of sp³-hybridized carbons (Fsp3) is 0.296. The lowest BCUT2D eigenvalue weighted by atomic mass is 9.99. The number of carbonyl (C=O) groups excluding carboxylic acids is 2. The second-order valence-corrected chi connectivity index (χ2v) is 10.4. The third kappa shape index (κ3) is 8.11. The number of phosphoric ester groups is 1. The Kier molecular flexibility index (Phi) is 10.2. The van der Waals surface area contributed by atoms with Gasteiger partial charge in [-0.2, -0.15) is 0 Å². The number of nitrogens with zero attached hydrogens (tertiary/aromatic N) is 1. The van der Waals surface area contributed by atoms with Crippen molar-refractivity contribution in [1.82, 2.24) is 4.98 Å². The molecule has 0 amide bonds. The van der Waals surface area contributed by atoms with E-state index in [0.717, 1.165) is 5.56 Å². The van der Waals surface area contributed by atoms with Crippen molar-refractivity contribution in [2.45, 2.75) is 37.1 Å². The Morgan fingerprint density at radius 2 is 1.69 bits per heavy atom. The van der Waals surface area contributed by atoms with E-state index >= 15 is 0 Å². The number of aromatic nitrogens is 1. The van der Waals surface area contributed by atoms with Crippen LogP contribution in [0.2, 0.25) is 0 Å². The molecule has 0 spiro atoms. The summed E-state index contributed by atoms with van der Waals surface area (Å²) in [7, 11) is -5.28. The van der Waals surface area contributed by atoms with Crippen LogP contribution in [0.5, 0.6) is 5.75 Å². The number of benzene rings is 2. The zero-order valence-electron chi connectivity index (χ0n) is 22.1. The van der Waals surface area contributed by atoms with E-state index in [-0.39, 0.29) is 22.7 Å². The Morgan fingerprint density at radius 3 is 2.33 bits per heavy atom. The number of aliphatic hydroxyl groups is 1. The number of aliphatic hydroxyl groups excluding tert-OH is 1. The molecule has 14 nitrogen and oxygen atoms in total. The van der Waals surface area contributed by atoms with Crippen LogP contribution in [0.15, 0.2) is 72.9 Å². The van der Waals surface area contributed by atoms with E-state index in [1.165, 1.54) is 30.5 Å². The summed E-state index contributed by atoms with van der Waals surface area (Å²) in [5, 5.41) is 11.1. The molecule has 7 N–H and O–H groups in total. The number of carbonyl (C=O) groups is 2. The fourth-order valence-corrected chi connectivity index (χ4v) is 4.71. The Hall–Kier alpha value is -3.88. The summed E-state index contributed by atoms with van der Waals surface area (Å²) < 4.78 is 39.4. The van der Waals surface area contributed by atoms with Gasteiger partial charge in [0.15, 0.2) is 6.10 Å². The number of phosphoric acid groups is 1. The van der Waals surface area contributed by atoms with E-state index in [9.17, 15) is 29.0 Å². The van der Waals surface area contributed by atoms with Crippen molar-refractivity contribution < 1.29 is 52.5 Å². The summed E-state index contributed by atoms with van der Waals surface area (Å²) in [4.78, 5) is 48.7. The van der Waals surface area contributed by atoms with Gasteiger partial charge in [-0.25, -0.2) is 19.1 Å². The van der Waals surface area contributed by atoms with Crippen molar-refractivity contribution in [3.8, 4) is 5.75 Å². The van der Waals surface area contributed by atoms with Gasteiger partial charge in [-0.15, -0.1) is 0 Å². The predicted molar refractivity (Wildman–Crippen MR) is 146 cm³/mol. The topological polar surface area (TPSA) is 223 Å². The van der Waals surface area contributed by atoms with E-state index in [1.807, 2.05) is 0 Å². The zero-order valence-corrected chi connectivity index (χ0v) is 23.0. The first-order valence-electron chi connectivity index (χ1n) is 12.7. The molecule has 15 heteroatoms. The Morgan fingerprint density at radius 1 is 0.976 bits per heavy atom. The minimum atomic E-state index is -5.28. The summed E-state index contributed by atoms with van der Waals surface area (Å²) in [6.07, 6.45) is -6.57. The number of para-hydroxylation sites is 1. The second kappa shape index (κ2) is 13.9. The van der Waals surface area contributed by atoms with Crippen molar-refractivity contribution in [3.05, 3.63) is 89.7 Å². The van der Waals surface area contributed by atoms with Gasteiger partial charge in [0, 0.05) is 11.9 Å². The van der Waals surface area contributed by atoms with Crippen molar-refractivity contribution in [2.24, 2.45) is 5.73 Å². The standard InChI is InChI=1S/C27H30N3O11P/c28-13-12-16-8-10-17(11-9-16)38-27-24(40-26(33)20-7-3-4-14-30-20)23(41-42(34,35)36)22(31)21(39-27)15-37-25(32)18-5-1-2-6-19(18)29/h1-11,14,21-24,27,31H,12-13,15,28-29H2,(H2,34,35,36)/t21-,22-,23+,24-,27-/m1/s1. The number of anilines is 1. The number of ether oxygens (including phenoxy) is 4. The van der Waals surface area contributed by atoms with Gasteiger partial charge < -0.3 is 45.3 Å². The van der Waals surface area contributed by atoms with Crippen LogP contribution >= 0.6 is 7.82 Å². The van der Waals surface area contributed by atoms with Gasteiger partial charge >= 0.3 is 19.8 Å². The largest absolute Gasteiger partial charge is 0.470 e. The fourth-order valence-electron chi connectivity index (χ4n) is 4.15. The number of nitrogen functional groups attached to an aromatic ring is 1. The summed E-state index contributed by atoms with van der Waals surface area (Å²) in [6, 6.07) is 17.2. The van der Waals surface area contributed by atoms with Crippen LogP contribution in [-0.4, -0.2) is 75.7 Å². The van der Waals surface area contributed by atoms with E-state index in [4.69, 9.17) is 34.9 Å². The van der Waals surface area contributed by atoms with Gasteiger partial charge in [-0.05, 0) is 54.9 Å². The normalized spacial score (nSPS) is 22.2. The van der Waals surface area contributed by atoms with E-state index in [2.05, 4.69) is 4.98 Å².